The van der Waals surface area contributed by atoms with E-state index in [1.54, 1.807) is 6.20 Å². The maximum Gasteiger partial charge on any atom is 0.255 e. The van der Waals surface area contributed by atoms with Gasteiger partial charge in [-0.05, 0) is 44.0 Å². The quantitative estimate of drug-likeness (QED) is 0.769. The summed E-state index contributed by atoms with van der Waals surface area (Å²) >= 11 is 3.58. The van der Waals surface area contributed by atoms with Crippen molar-refractivity contribution in [3.8, 4) is 0 Å². The molecule has 22 heavy (non-hydrogen) atoms. The number of carbonyl (C=O) groups is 1. The van der Waals surface area contributed by atoms with Gasteiger partial charge in [0.05, 0.1) is 11.6 Å². The largest absolute Gasteiger partial charge is 0.332 e. The van der Waals surface area contributed by atoms with Crippen LogP contribution >= 0.6 is 15.9 Å². The van der Waals surface area contributed by atoms with Crippen molar-refractivity contribution in [1.82, 2.24) is 9.88 Å². The monoisotopic (exact) mass is 360 g/mol. The number of benzene rings is 1. The first-order chi connectivity index (χ1) is 10.5. The molecule has 0 saturated carbocycles. The van der Waals surface area contributed by atoms with Crippen molar-refractivity contribution < 1.29 is 4.79 Å². The molecule has 1 aromatic heterocycles. The van der Waals surface area contributed by atoms with E-state index in [4.69, 9.17) is 0 Å². The highest BCUT2D eigenvalue weighted by molar-refractivity contribution is 9.10. The van der Waals surface area contributed by atoms with Crippen LogP contribution in [0.25, 0.3) is 0 Å². The van der Waals surface area contributed by atoms with Crippen LogP contribution in [0.1, 0.15) is 47.9 Å². The Morgan fingerprint density at radius 1 is 1.27 bits per heavy atom. The van der Waals surface area contributed by atoms with Gasteiger partial charge in [-0.15, -0.1) is 0 Å². The standard InChI is InChI=1S/C18H21BrN2O/c1-4-11-21(14(3)16-7-5-6-8-17(16)19)18(22)15-10-9-13(2)20-12-15/h5-10,12,14H,4,11H2,1-3H3/t14-/m1/s1. The van der Waals surface area contributed by atoms with Crippen LogP contribution in [-0.2, 0) is 0 Å². The third-order valence-electron chi connectivity index (χ3n) is 3.71. The molecule has 1 aromatic carbocycles. The summed E-state index contributed by atoms with van der Waals surface area (Å²) in [6.45, 7) is 6.78. The number of hydrogen-bond donors (Lipinski definition) is 0. The Morgan fingerprint density at radius 3 is 2.59 bits per heavy atom. The molecule has 0 spiro atoms. The van der Waals surface area contributed by atoms with Gasteiger partial charge in [0.25, 0.3) is 5.91 Å². The van der Waals surface area contributed by atoms with E-state index in [1.807, 2.05) is 42.2 Å². The topological polar surface area (TPSA) is 33.2 Å². The molecule has 0 aliphatic heterocycles. The van der Waals surface area contributed by atoms with Gasteiger partial charge in [0.15, 0.2) is 0 Å². The van der Waals surface area contributed by atoms with Crippen LogP contribution in [0.4, 0.5) is 0 Å². The van der Waals surface area contributed by atoms with Gasteiger partial charge < -0.3 is 4.90 Å². The minimum atomic E-state index is 0.00401. The van der Waals surface area contributed by atoms with Gasteiger partial charge in [-0.1, -0.05) is 41.1 Å². The lowest BCUT2D eigenvalue weighted by Crippen LogP contribution is -2.34. The first kappa shape index (κ1) is 16.7. The molecule has 1 atom stereocenters. The van der Waals surface area contributed by atoms with Crippen LogP contribution in [0.3, 0.4) is 0 Å². The van der Waals surface area contributed by atoms with E-state index in [0.29, 0.717) is 5.56 Å². The van der Waals surface area contributed by atoms with E-state index >= 15 is 0 Å². The zero-order chi connectivity index (χ0) is 16.1. The van der Waals surface area contributed by atoms with Crippen molar-refractivity contribution in [1.29, 1.82) is 0 Å². The summed E-state index contributed by atoms with van der Waals surface area (Å²) < 4.78 is 1.03. The molecule has 0 bridgehead atoms. The normalized spacial score (nSPS) is 12.0. The minimum Gasteiger partial charge on any atom is -0.332 e. The number of hydrogen-bond acceptors (Lipinski definition) is 2. The predicted octanol–water partition coefficient (Wildman–Crippen LogP) is 4.77. The smallest absolute Gasteiger partial charge is 0.255 e. The molecule has 2 aromatic rings. The Kier molecular flexibility index (Phi) is 5.72. The molecule has 3 nitrogen and oxygen atoms in total. The Morgan fingerprint density at radius 2 is 2.00 bits per heavy atom. The van der Waals surface area contributed by atoms with Crippen molar-refractivity contribution in [2.24, 2.45) is 0 Å². The molecule has 4 heteroatoms. The van der Waals surface area contributed by atoms with Gasteiger partial charge >= 0.3 is 0 Å². The molecule has 0 aliphatic rings. The Labute approximate surface area is 140 Å². The van der Waals surface area contributed by atoms with Crippen LogP contribution in [0.2, 0.25) is 0 Å². The van der Waals surface area contributed by atoms with E-state index in [-0.39, 0.29) is 11.9 Å². The highest BCUT2D eigenvalue weighted by Crippen LogP contribution is 2.28. The van der Waals surface area contributed by atoms with Crippen LogP contribution in [0, 0.1) is 6.92 Å². The van der Waals surface area contributed by atoms with E-state index in [9.17, 15) is 4.79 Å². The summed E-state index contributed by atoms with van der Waals surface area (Å²) in [5.74, 6) is 0.0256. The number of halogens is 1. The van der Waals surface area contributed by atoms with Crippen LogP contribution in [0.5, 0.6) is 0 Å². The fraction of sp³-hybridized carbons (Fsp3) is 0.333. The van der Waals surface area contributed by atoms with Crippen LogP contribution in [-0.4, -0.2) is 22.3 Å². The summed E-state index contributed by atoms with van der Waals surface area (Å²) in [7, 11) is 0. The average molecular weight is 361 g/mol. The SMILES string of the molecule is CCCN(C(=O)c1ccc(C)nc1)[C@H](C)c1ccccc1Br. The van der Waals surface area contributed by atoms with Gasteiger partial charge in [-0.25, -0.2) is 0 Å². The number of carbonyl (C=O) groups excluding carboxylic acids is 1. The number of aromatic nitrogens is 1. The van der Waals surface area contributed by atoms with E-state index < -0.39 is 0 Å². The lowest BCUT2D eigenvalue weighted by molar-refractivity contribution is 0.0689. The Hall–Kier alpha value is -1.68. The van der Waals surface area contributed by atoms with Gasteiger partial charge in [-0.2, -0.15) is 0 Å². The summed E-state index contributed by atoms with van der Waals surface area (Å²) in [5.41, 5.74) is 2.67. The molecule has 0 saturated heterocycles. The highest BCUT2D eigenvalue weighted by atomic mass is 79.9. The predicted molar refractivity (Wildman–Crippen MR) is 92.9 cm³/mol. The lowest BCUT2D eigenvalue weighted by Gasteiger charge is -2.30. The number of amides is 1. The lowest BCUT2D eigenvalue weighted by atomic mass is 10.1. The number of aryl methyl sites for hydroxylation is 1. The molecule has 1 heterocycles. The van der Waals surface area contributed by atoms with Gasteiger partial charge in [0.2, 0.25) is 0 Å². The molecule has 1 amide bonds. The fourth-order valence-corrected chi connectivity index (χ4v) is 3.07. The second-order valence-electron chi connectivity index (χ2n) is 5.38. The summed E-state index contributed by atoms with van der Waals surface area (Å²) in [6, 6.07) is 11.8. The van der Waals surface area contributed by atoms with Crippen molar-refractivity contribution in [3.63, 3.8) is 0 Å². The number of pyridine rings is 1. The van der Waals surface area contributed by atoms with E-state index in [0.717, 1.165) is 28.7 Å². The van der Waals surface area contributed by atoms with Crippen molar-refractivity contribution in [2.75, 3.05) is 6.54 Å². The third kappa shape index (κ3) is 3.74. The molecule has 116 valence electrons. The summed E-state index contributed by atoms with van der Waals surface area (Å²) in [6.07, 6.45) is 2.58. The molecule has 0 radical (unpaired) electrons. The Bertz CT molecular complexity index is 640. The maximum absolute atomic E-state index is 12.8. The van der Waals surface area contributed by atoms with Crippen molar-refractivity contribution in [3.05, 3.63) is 63.9 Å². The second-order valence-corrected chi connectivity index (χ2v) is 6.24. The zero-order valence-corrected chi connectivity index (χ0v) is 14.8. The third-order valence-corrected chi connectivity index (χ3v) is 4.43. The van der Waals surface area contributed by atoms with Crippen molar-refractivity contribution in [2.45, 2.75) is 33.2 Å². The van der Waals surface area contributed by atoms with Crippen molar-refractivity contribution >= 4 is 21.8 Å². The maximum atomic E-state index is 12.8. The summed E-state index contributed by atoms with van der Waals surface area (Å²) in [5, 5.41) is 0. The number of nitrogens with zero attached hydrogens (tertiary/aromatic N) is 2. The highest BCUT2D eigenvalue weighted by Gasteiger charge is 2.23. The Balaban J connectivity index is 2.31. The van der Waals surface area contributed by atoms with Gasteiger partial charge in [-0.3, -0.25) is 9.78 Å². The first-order valence-corrected chi connectivity index (χ1v) is 8.32. The summed E-state index contributed by atoms with van der Waals surface area (Å²) in [4.78, 5) is 19.0. The van der Waals surface area contributed by atoms with Crippen LogP contribution in [0.15, 0.2) is 47.1 Å². The zero-order valence-electron chi connectivity index (χ0n) is 13.2. The van der Waals surface area contributed by atoms with Crippen LogP contribution < -0.4 is 0 Å². The van der Waals surface area contributed by atoms with E-state index in [2.05, 4.69) is 40.8 Å². The molecule has 0 N–H and O–H groups in total. The van der Waals surface area contributed by atoms with E-state index in [1.165, 1.54) is 0 Å². The molecule has 0 fully saturated rings. The fourth-order valence-electron chi connectivity index (χ4n) is 2.45. The van der Waals surface area contributed by atoms with Gasteiger partial charge in [0, 0.05) is 22.9 Å². The first-order valence-electron chi connectivity index (χ1n) is 7.52. The number of rotatable bonds is 5. The molecular weight excluding hydrogens is 340 g/mol. The van der Waals surface area contributed by atoms with Gasteiger partial charge in [0.1, 0.15) is 0 Å². The molecular formula is C18H21BrN2O. The second kappa shape index (κ2) is 7.54. The molecule has 2 rings (SSSR count). The molecule has 0 aliphatic carbocycles. The minimum absolute atomic E-state index is 0.00401. The molecule has 0 unspecified atom stereocenters. The average Bonchev–Trinajstić information content (AvgIpc) is 2.52.